The lowest BCUT2D eigenvalue weighted by atomic mass is 10.1. The molecule has 0 radical (unpaired) electrons. The summed E-state index contributed by atoms with van der Waals surface area (Å²) < 4.78 is 1.81. The molecular formula is C26H26N4O2S. The van der Waals surface area contributed by atoms with Crippen LogP contribution in [0.3, 0.4) is 0 Å². The number of carbonyl (C=O) groups is 1. The molecule has 1 heterocycles. The third kappa shape index (κ3) is 5.62. The number of nitrogens with one attached hydrogen (secondary N) is 1. The van der Waals surface area contributed by atoms with Gasteiger partial charge in [0.25, 0.3) is 5.56 Å². The van der Waals surface area contributed by atoms with Crippen LogP contribution >= 0.6 is 11.8 Å². The van der Waals surface area contributed by atoms with Crippen LogP contribution in [0.4, 0.5) is 11.5 Å². The number of amides is 1. The molecule has 3 N–H and O–H groups in total. The van der Waals surface area contributed by atoms with E-state index < -0.39 is 10.8 Å². The van der Waals surface area contributed by atoms with Crippen LogP contribution in [0.2, 0.25) is 0 Å². The molecule has 0 aliphatic carbocycles. The molecule has 6 nitrogen and oxygen atoms in total. The average Bonchev–Trinajstić information content (AvgIpc) is 2.82. The summed E-state index contributed by atoms with van der Waals surface area (Å²) in [7, 11) is 0. The van der Waals surface area contributed by atoms with Crippen LogP contribution in [0, 0.1) is 0 Å². The summed E-state index contributed by atoms with van der Waals surface area (Å²) in [6, 6.07) is 25.2. The van der Waals surface area contributed by atoms with Crippen LogP contribution in [0.25, 0.3) is 10.8 Å². The van der Waals surface area contributed by atoms with Gasteiger partial charge in [-0.25, -0.2) is 0 Å². The van der Waals surface area contributed by atoms with Crippen LogP contribution in [-0.2, 0) is 17.8 Å². The highest BCUT2D eigenvalue weighted by atomic mass is 32.2. The van der Waals surface area contributed by atoms with Gasteiger partial charge < -0.3 is 15.6 Å². The number of nitrogen functional groups attached to an aromatic ring is 1. The SMILES string of the molecule is CC[C@@H](Sc1nc(=O)cc(N)n1CCc1ccccc1)C(=O)Nc1ccc2ccccc2c1. The van der Waals surface area contributed by atoms with Gasteiger partial charge in [-0.2, -0.15) is 4.98 Å². The predicted octanol–water partition coefficient (Wildman–Crippen LogP) is 4.73. The van der Waals surface area contributed by atoms with Crippen LogP contribution < -0.4 is 16.6 Å². The Morgan fingerprint density at radius 2 is 1.76 bits per heavy atom. The molecule has 0 saturated carbocycles. The molecule has 1 aromatic heterocycles. The average molecular weight is 459 g/mol. The second-order valence-corrected chi connectivity index (χ2v) is 8.92. The lowest BCUT2D eigenvalue weighted by Gasteiger charge is -2.19. The number of hydrogen-bond donors (Lipinski definition) is 2. The highest BCUT2D eigenvalue weighted by Crippen LogP contribution is 2.27. The maximum Gasteiger partial charge on any atom is 0.275 e. The van der Waals surface area contributed by atoms with Crippen molar-refractivity contribution in [2.75, 3.05) is 11.1 Å². The molecule has 0 spiro atoms. The van der Waals surface area contributed by atoms with Gasteiger partial charge in [-0.1, -0.05) is 79.3 Å². The van der Waals surface area contributed by atoms with Crippen molar-refractivity contribution in [2.24, 2.45) is 0 Å². The molecule has 0 aliphatic rings. The molecular weight excluding hydrogens is 432 g/mol. The number of hydrogen-bond acceptors (Lipinski definition) is 5. The standard InChI is InChI=1S/C26H26N4O2S/c1-2-22(25(32)28-21-13-12-19-10-6-7-11-20(19)16-21)33-26-29-24(31)17-23(27)30(26)15-14-18-8-4-3-5-9-18/h3-13,16-17,22H,2,14-15,27H2,1H3,(H,28,32)/t22-/m1/s1. The molecule has 3 aromatic carbocycles. The largest absolute Gasteiger partial charge is 0.385 e. The Balaban J connectivity index is 1.52. The zero-order valence-electron chi connectivity index (χ0n) is 18.4. The number of anilines is 2. The summed E-state index contributed by atoms with van der Waals surface area (Å²) in [6.45, 7) is 2.50. The van der Waals surface area contributed by atoms with Gasteiger partial charge >= 0.3 is 0 Å². The molecule has 0 bridgehead atoms. The van der Waals surface area contributed by atoms with Crippen molar-refractivity contribution >= 4 is 39.9 Å². The van der Waals surface area contributed by atoms with E-state index in [1.54, 1.807) is 0 Å². The third-order valence-electron chi connectivity index (χ3n) is 5.41. The Labute approximate surface area is 196 Å². The molecule has 4 aromatic rings. The Bertz CT molecular complexity index is 1320. The molecule has 0 fully saturated rings. The van der Waals surface area contributed by atoms with Crippen molar-refractivity contribution in [1.29, 1.82) is 0 Å². The van der Waals surface area contributed by atoms with Crippen molar-refractivity contribution in [3.8, 4) is 0 Å². The van der Waals surface area contributed by atoms with E-state index >= 15 is 0 Å². The first-order valence-corrected chi connectivity index (χ1v) is 11.8. The van der Waals surface area contributed by atoms with Gasteiger partial charge in [0.05, 0.1) is 5.25 Å². The van der Waals surface area contributed by atoms with E-state index in [-0.39, 0.29) is 5.91 Å². The van der Waals surface area contributed by atoms with Gasteiger partial charge in [-0.05, 0) is 41.3 Å². The molecule has 0 unspecified atom stereocenters. The summed E-state index contributed by atoms with van der Waals surface area (Å²) in [4.78, 5) is 29.3. The van der Waals surface area contributed by atoms with E-state index in [1.807, 2.05) is 84.3 Å². The summed E-state index contributed by atoms with van der Waals surface area (Å²) in [6.07, 6.45) is 1.32. The van der Waals surface area contributed by atoms with Crippen LogP contribution in [0.15, 0.2) is 88.8 Å². The summed E-state index contributed by atoms with van der Waals surface area (Å²) >= 11 is 1.27. The lowest BCUT2D eigenvalue weighted by Crippen LogP contribution is -2.27. The molecule has 1 amide bonds. The van der Waals surface area contributed by atoms with E-state index in [1.165, 1.54) is 17.8 Å². The first-order chi connectivity index (χ1) is 16.0. The van der Waals surface area contributed by atoms with Gasteiger partial charge in [0, 0.05) is 18.3 Å². The molecule has 7 heteroatoms. The van der Waals surface area contributed by atoms with Gasteiger partial charge in [-0.15, -0.1) is 0 Å². The van der Waals surface area contributed by atoms with Gasteiger partial charge in [-0.3, -0.25) is 9.59 Å². The van der Waals surface area contributed by atoms with Crippen LogP contribution in [0.5, 0.6) is 0 Å². The second kappa shape index (κ2) is 10.4. The van der Waals surface area contributed by atoms with Crippen molar-refractivity contribution < 1.29 is 4.79 Å². The van der Waals surface area contributed by atoms with Gasteiger partial charge in [0.15, 0.2) is 5.16 Å². The third-order valence-corrected chi connectivity index (χ3v) is 6.77. The highest BCUT2D eigenvalue weighted by Gasteiger charge is 2.21. The van der Waals surface area contributed by atoms with Crippen molar-refractivity contribution in [2.45, 2.75) is 36.7 Å². The molecule has 168 valence electrons. The van der Waals surface area contributed by atoms with Gasteiger partial charge in [0.1, 0.15) is 5.82 Å². The van der Waals surface area contributed by atoms with E-state index in [4.69, 9.17) is 5.73 Å². The van der Waals surface area contributed by atoms with Crippen LogP contribution in [-0.4, -0.2) is 20.7 Å². The van der Waals surface area contributed by atoms with Crippen molar-refractivity contribution in [3.63, 3.8) is 0 Å². The van der Waals surface area contributed by atoms with Crippen LogP contribution in [0.1, 0.15) is 18.9 Å². The molecule has 1 atom stereocenters. The number of benzene rings is 3. The fourth-order valence-corrected chi connectivity index (χ4v) is 4.70. The molecule has 0 aliphatic heterocycles. The second-order valence-electron chi connectivity index (χ2n) is 7.75. The first kappa shape index (κ1) is 22.6. The fourth-order valence-electron chi connectivity index (χ4n) is 3.64. The zero-order valence-corrected chi connectivity index (χ0v) is 19.2. The van der Waals surface area contributed by atoms with E-state index in [2.05, 4.69) is 10.3 Å². The number of carbonyl (C=O) groups excluding carboxylic acids is 1. The topological polar surface area (TPSA) is 90.0 Å². The number of nitrogens with zero attached hydrogens (tertiary/aromatic N) is 2. The molecule has 33 heavy (non-hydrogen) atoms. The molecule has 4 rings (SSSR count). The normalized spacial score (nSPS) is 11.9. The Morgan fingerprint density at radius 3 is 2.52 bits per heavy atom. The smallest absolute Gasteiger partial charge is 0.275 e. The maximum atomic E-state index is 13.1. The number of aromatic nitrogens is 2. The first-order valence-electron chi connectivity index (χ1n) is 10.9. The predicted molar refractivity (Wildman–Crippen MR) is 136 cm³/mol. The lowest BCUT2D eigenvalue weighted by molar-refractivity contribution is -0.115. The highest BCUT2D eigenvalue weighted by molar-refractivity contribution is 8.00. The number of nitrogens with two attached hydrogens (primary N) is 1. The monoisotopic (exact) mass is 458 g/mol. The van der Waals surface area contributed by atoms with E-state index in [0.29, 0.717) is 23.9 Å². The minimum absolute atomic E-state index is 0.135. The summed E-state index contributed by atoms with van der Waals surface area (Å²) in [5.74, 6) is 0.210. The Hall–Kier alpha value is -3.58. The number of rotatable bonds is 8. The Kier molecular flexibility index (Phi) is 7.10. The number of aryl methyl sites for hydroxylation is 1. The maximum absolute atomic E-state index is 13.1. The fraction of sp³-hybridized carbons (Fsp3) is 0.192. The zero-order chi connectivity index (χ0) is 23.2. The Morgan fingerprint density at radius 1 is 1.03 bits per heavy atom. The van der Waals surface area contributed by atoms with E-state index in [0.717, 1.165) is 28.4 Å². The van der Waals surface area contributed by atoms with Crippen molar-refractivity contribution in [3.05, 3.63) is 94.8 Å². The number of thioether (sulfide) groups is 1. The minimum atomic E-state index is -0.423. The summed E-state index contributed by atoms with van der Waals surface area (Å²) in [5.41, 5.74) is 7.65. The minimum Gasteiger partial charge on any atom is -0.385 e. The summed E-state index contributed by atoms with van der Waals surface area (Å²) in [5, 5.41) is 5.21. The van der Waals surface area contributed by atoms with E-state index in [9.17, 15) is 9.59 Å². The quantitative estimate of drug-likeness (QED) is 0.294. The van der Waals surface area contributed by atoms with Gasteiger partial charge in [0.2, 0.25) is 5.91 Å². The molecule has 0 saturated heterocycles. The van der Waals surface area contributed by atoms with Crippen molar-refractivity contribution in [1.82, 2.24) is 9.55 Å². The number of fused-ring (bicyclic) bond motifs is 1.